The van der Waals surface area contributed by atoms with Gasteiger partial charge in [-0.2, -0.15) is 0 Å². The van der Waals surface area contributed by atoms with Crippen molar-refractivity contribution in [2.24, 2.45) is 0 Å². The van der Waals surface area contributed by atoms with Crippen molar-refractivity contribution in [1.29, 1.82) is 0 Å². The third kappa shape index (κ3) is 2.66. The summed E-state index contributed by atoms with van der Waals surface area (Å²) in [6.07, 6.45) is 0.462. The van der Waals surface area contributed by atoms with E-state index in [4.69, 9.17) is 4.74 Å². The standard InChI is InChI=1S/C8H16N2O.C2H6/c1-2-10-5-7-8(6-10)11-4-3-9-7;1-2/h7-9H,2-6H2,1H3;1-2H3. The summed E-state index contributed by atoms with van der Waals surface area (Å²) < 4.78 is 5.63. The van der Waals surface area contributed by atoms with E-state index >= 15 is 0 Å². The number of ether oxygens (including phenoxy) is 1. The SMILES string of the molecule is CC.CCN1CC2NCCOC2C1. The summed E-state index contributed by atoms with van der Waals surface area (Å²) in [5.41, 5.74) is 0. The number of hydrogen-bond acceptors (Lipinski definition) is 3. The minimum atomic E-state index is 0.462. The fourth-order valence-electron chi connectivity index (χ4n) is 1.93. The second-order valence-electron chi connectivity index (χ2n) is 3.32. The maximum absolute atomic E-state index is 5.63. The molecule has 2 aliphatic rings. The van der Waals surface area contributed by atoms with Crippen LogP contribution in [0.15, 0.2) is 0 Å². The van der Waals surface area contributed by atoms with Crippen molar-refractivity contribution in [1.82, 2.24) is 10.2 Å². The zero-order chi connectivity index (χ0) is 9.68. The van der Waals surface area contributed by atoms with Crippen molar-refractivity contribution in [2.45, 2.75) is 32.9 Å². The molecule has 0 aromatic carbocycles. The molecule has 0 saturated carbocycles. The summed E-state index contributed by atoms with van der Waals surface area (Å²) in [6.45, 7) is 11.6. The first-order valence-corrected chi connectivity index (χ1v) is 5.47. The Morgan fingerprint density at radius 1 is 1.38 bits per heavy atom. The number of rotatable bonds is 1. The molecule has 0 aromatic heterocycles. The van der Waals surface area contributed by atoms with E-state index in [9.17, 15) is 0 Å². The molecule has 2 heterocycles. The summed E-state index contributed by atoms with van der Waals surface area (Å²) in [7, 11) is 0. The second kappa shape index (κ2) is 5.58. The molecule has 3 nitrogen and oxygen atoms in total. The van der Waals surface area contributed by atoms with Crippen LogP contribution in [0.5, 0.6) is 0 Å². The van der Waals surface area contributed by atoms with E-state index in [1.165, 1.54) is 6.54 Å². The molecule has 2 unspecified atom stereocenters. The summed E-state index contributed by atoms with van der Waals surface area (Å²) in [5, 5.41) is 3.48. The van der Waals surface area contributed by atoms with E-state index in [-0.39, 0.29) is 0 Å². The maximum Gasteiger partial charge on any atom is 0.0867 e. The van der Waals surface area contributed by atoms with E-state index in [1.54, 1.807) is 0 Å². The van der Waals surface area contributed by atoms with Gasteiger partial charge in [0.05, 0.1) is 12.7 Å². The number of likely N-dealkylation sites (N-methyl/N-ethyl adjacent to an activating group) is 1. The Kier molecular flexibility index (Phi) is 4.70. The maximum atomic E-state index is 5.63. The average Bonchev–Trinajstić information content (AvgIpc) is 2.63. The van der Waals surface area contributed by atoms with E-state index in [1.807, 2.05) is 13.8 Å². The number of fused-ring (bicyclic) bond motifs is 1. The minimum Gasteiger partial charge on any atom is -0.374 e. The lowest BCUT2D eigenvalue weighted by atomic mass is 10.2. The predicted molar refractivity (Wildman–Crippen MR) is 55.0 cm³/mol. The molecule has 0 bridgehead atoms. The van der Waals surface area contributed by atoms with Crippen molar-refractivity contribution >= 4 is 0 Å². The van der Waals surface area contributed by atoms with Crippen LogP contribution in [0.2, 0.25) is 0 Å². The monoisotopic (exact) mass is 186 g/mol. The van der Waals surface area contributed by atoms with Gasteiger partial charge >= 0.3 is 0 Å². The highest BCUT2D eigenvalue weighted by Gasteiger charge is 2.34. The highest BCUT2D eigenvalue weighted by atomic mass is 16.5. The van der Waals surface area contributed by atoms with Gasteiger partial charge < -0.3 is 10.1 Å². The molecule has 0 amide bonds. The summed E-state index contributed by atoms with van der Waals surface area (Å²) in [4.78, 5) is 2.44. The molecule has 1 N–H and O–H groups in total. The molecular weight excluding hydrogens is 164 g/mol. The lowest BCUT2D eigenvalue weighted by molar-refractivity contribution is 0.0179. The third-order valence-electron chi connectivity index (χ3n) is 2.63. The molecule has 0 spiro atoms. The smallest absolute Gasteiger partial charge is 0.0867 e. The van der Waals surface area contributed by atoms with Gasteiger partial charge in [0.15, 0.2) is 0 Å². The van der Waals surface area contributed by atoms with Crippen LogP contribution in [0.25, 0.3) is 0 Å². The molecule has 2 aliphatic heterocycles. The summed E-state index contributed by atoms with van der Waals surface area (Å²) >= 11 is 0. The van der Waals surface area contributed by atoms with Gasteiger partial charge in [-0.1, -0.05) is 20.8 Å². The Bertz CT molecular complexity index is 127. The third-order valence-corrected chi connectivity index (χ3v) is 2.63. The topological polar surface area (TPSA) is 24.5 Å². The number of nitrogens with one attached hydrogen (secondary N) is 1. The van der Waals surface area contributed by atoms with Gasteiger partial charge in [0.2, 0.25) is 0 Å². The summed E-state index contributed by atoms with van der Waals surface area (Å²) in [6, 6.07) is 0.601. The van der Waals surface area contributed by atoms with Crippen molar-refractivity contribution < 1.29 is 4.74 Å². The normalized spacial score (nSPS) is 33.5. The lowest BCUT2D eigenvalue weighted by Gasteiger charge is -2.25. The molecule has 0 radical (unpaired) electrons. The number of morpholine rings is 1. The molecule has 2 fully saturated rings. The van der Waals surface area contributed by atoms with Gasteiger partial charge in [0, 0.05) is 25.7 Å². The van der Waals surface area contributed by atoms with Gasteiger partial charge in [0.25, 0.3) is 0 Å². The van der Waals surface area contributed by atoms with Gasteiger partial charge in [-0.05, 0) is 6.54 Å². The van der Waals surface area contributed by atoms with Gasteiger partial charge in [0.1, 0.15) is 0 Å². The first-order chi connectivity index (χ1) is 6.40. The molecule has 2 saturated heterocycles. The molecule has 0 aromatic rings. The van der Waals surface area contributed by atoms with Crippen LogP contribution in [0.4, 0.5) is 0 Å². The van der Waals surface area contributed by atoms with Gasteiger partial charge in [-0.3, -0.25) is 4.90 Å². The Morgan fingerprint density at radius 2 is 2.15 bits per heavy atom. The molecule has 2 rings (SSSR count). The van der Waals surface area contributed by atoms with E-state index in [2.05, 4.69) is 17.1 Å². The zero-order valence-electron chi connectivity index (χ0n) is 9.05. The van der Waals surface area contributed by atoms with Crippen LogP contribution < -0.4 is 5.32 Å². The van der Waals surface area contributed by atoms with E-state index < -0.39 is 0 Å². The van der Waals surface area contributed by atoms with Crippen LogP contribution in [-0.2, 0) is 4.74 Å². The molecule has 13 heavy (non-hydrogen) atoms. The molecular formula is C10H22N2O. The quantitative estimate of drug-likeness (QED) is 0.652. The zero-order valence-corrected chi connectivity index (χ0v) is 9.05. The largest absolute Gasteiger partial charge is 0.374 e. The predicted octanol–water partition coefficient (Wildman–Crippen LogP) is 0.705. The first kappa shape index (κ1) is 11.0. The van der Waals surface area contributed by atoms with Gasteiger partial charge in [-0.15, -0.1) is 0 Å². The minimum absolute atomic E-state index is 0.462. The highest BCUT2D eigenvalue weighted by molar-refractivity contribution is 4.91. The van der Waals surface area contributed by atoms with Crippen LogP contribution in [0.1, 0.15) is 20.8 Å². The second-order valence-corrected chi connectivity index (χ2v) is 3.32. The highest BCUT2D eigenvalue weighted by Crippen LogP contribution is 2.15. The first-order valence-electron chi connectivity index (χ1n) is 5.47. The van der Waals surface area contributed by atoms with Crippen LogP contribution in [0, 0.1) is 0 Å². The number of nitrogens with zero attached hydrogens (tertiary/aromatic N) is 1. The van der Waals surface area contributed by atoms with Crippen LogP contribution in [-0.4, -0.2) is 49.8 Å². The summed E-state index contributed by atoms with van der Waals surface area (Å²) in [5.74, 6) is 0. The molecule has 3 heteroatoms. The average molecular weight is 186 g/mol. The van der Waals surface area contributed by atoms with Crippen molar-refractivity contribution in [3.05, 3.63) is 0 Å². The molecule has 78 valence electrons. The van der Waals surface area contributed by atoms with Crippen molar-refractivity contribution in [2.75, 3.05) is 32.8 Å². The fourth-order valence-corrected chi connectivity index (χ4v) is 1.93. The van der Waals surface area contributed by atoms with Gasteiger partial charge in [-0.25, -0.2) is 0 Å². The van der Waals surface area contributed by atoms with Crippen molar-refractivity contribution in [3.63, 3.8) is 0 Å². The Balaban J connectivity index is 0.000000396. The van der Waals surface area contributed by atoms with Crippen LogP contribution in [0.3, 0.4) is 0 Å². The van der Waals surface area contributed by atoms with E-state index in [0.717, 1.165) is 26.2 Å². The van der Waals surface area contributed by atoms with Crippen molar-refractivity contribution in [3.8, 4) is 0 Å². The Morgan fingerprint density at radius 3 is 2.77 bits per heavy atom. The molecule has 2 atom stereocenters. The van der Waals surface area contributed by atoms with E-state index in [0.29, 0.717) is 12.1 Å². The number of hydrogen-bond donors (Lipinski definition) is 1. The lowest BCUT2D eigenvalue weighted by Crippen LogP contribution is -2.47. The Labute approximate surface area is 81.4 Å². The fraction of sp³-hybridized carbons (Fsp3) is 1.00. The molecule has 0 aliphatic carbocycles. The number of likely N-dealkylation sites (tertiary alicyclic amines) is 1. The van der Waals surface area contributed by atoms with Crippen LogP contribution >= 0.6 is 0 Å². The Hall–Kier alpha value is -0.120.